The quantitative estimate of drug-likeness (QED) is 0.677. The summed E-state index contributed by atoms with van der Waals surface area (Å²) in [6.45, 7) is 0. The average molecular weight is 218 g/mol. The second-order valence-electron chi connectivity index (χ2n) is 3.05. The van der Waals surface area contributed by atoms with Gasteiger partial charge in [0.25, 0.3) is 0 Å². The van der Waals surface area contributed by atoms with Gasteiger partial charge in [0, 0.05) is 11.8 Å². The van der Waals surface area contributed by atoms with Crippen LogP contribution in [0, 0.1) is 0 Å². The molecule has 0 atom stereocenters. The van der Waals surface area contributed by atoms with E-state index in [9.17, 15) is 4.79 Å². The van der Waals surface area contributed by atoms with Crippen LogP contribution in [0.2, 0.25) is 5.02 Å². The van der Waals surface area contributed by atoms with Crippen LogP contribution in [0.15, 0.2) is 30.5 Å². The van der Waals surface area contributed by atoms with Gasteiger partial charge in [-0.25, -0.2) is 0 Å². The fourth-order valence-electron chi connectivity index (χ4n) is 1.33. The first-order valence-electron chi connectivity index (χ1n) is 4.48. The molecule has 0 amide bonds. The summed E-state index contributed by atoms with van der Waals surface area (Å²) in [6, 6.07) is 0. The lowest BCUT2D eigenvalue weighted by Gasteiger charge is -2.05. The molecule has 0 bridgehead atoms. The number of allylic oxidation sites excluding steroid dienone is 4. The maximum absolute atomic E-state index is 10.7. The molecule has 1 aliphatic rings. The zero-order valence-electron chi connectivity index (χ0n) is 7.85. The zero-order valence-corrected chi connectivity index (χ0v) is 8.61. The number of hydrogen-bond acceptors (Lipinski definition) is 2. The fourth-order valence-corrected chi connectivity index (χ4v) is 1.59. The van der Waals surface area contributed by atoms with Crippen LogP contribution in [-0.2, 0) is 0 Å². The number of nitrogens with zero attached hydrogens (tertiary/aromatic N) is 1. The Hall–Kier alpha value is -1.67. The van der Waals surface area contributed by atoms with Gasteiger partial charge in [-0.15, -0.1) is 0 Å². The molecule has 74 valence electrons. The second-order valence-corrected chi connectivity index (χ2v) is 3.43. The number of hydrogen-bond donors (Lipinski definition) is 0. The van der Waals surface area contributed by atoms with Crippen LogP contribution in [0.4, 0.5) is 0 Å². The number of carbonyl (C=O) groups is 1. The molecule has 1 aromatic rings. The van der Waals surface area contributed by atoms with Crippen LogP contribution >= 0.6 is 11.6 Å². The van der Waals surface area contributed by atoms with E-state index in [1.807, 2.05) is 36.5 Å². The van der Waals surface area contributed by atoms with Crippen molar-refractivity contribution in [1.82, 2.24) is 4.98 Å². The molecular formula is C12H8ClNO. The van der Waals surface area contributed by atoms with E-state index < -0.39 is 0 Å². The van der Waals surface area contributed by atoms with E-state index in [0.29, 0.717) is 16.9 Å². The van der Waals surface area contributed by atoms with Gasteiger partial charge < -0.3 is 0 Å². The number of rotatable bonds is 1. The van der Waals surface area contributed by atoms with E-state index in [2.05, 4.69) is 4.98 Å². The predicted octanol–water partition coefficient (Wildman–Crippen LogP) is 3.14. The summed E-state index contributed by atoms with van der Waals surface area (Å²) in [5.41, 5.74) is 1.96. The third kappa shape index (κ3) is 1.90. The van der Waals surface area contributed by atoms with E-state index in [1.165, 1.54) is 6.20 Å². The lowest BCUT2D eigenvalue weighted by atomic mass is 10.1. The predicted molar refractivity (Wildman–Crippen MR) is 61.8 cm³/mol. The van der Waals surface area contributed by atoms with Crippen LogP contribution < -0.4 is 0 Å². The van der Waals surface area contributed by atoms with Gasteiger partial charge in [0.15, 0.2) is 6.29 Å². The molecule has 0 unspecified atom stereocenters. The molecule has 0 aromatic carbocycles. The third-order valence-electron chi connectivity index (χ3n) is 2.09. The average Bonchev–Trinajstić information content (AvgIpc) is 2.20. The van der Waals surface area contributed by atoms with Crippen molar-refractivity contribution in [3.05, 3.63) is 52.3 Å². The highest BCUT2D eigenvalue weighted by Gasteiger charge is 2.08. The topological polar surface area (TPSA) is 30.0 Å². The largest absolute Gasteiger partial charge is 0.298 e. The highest BCUT2D eigenvalue weighted by Crippen LogP contribution is 2.25. The molecule has 0 aliphatic heterocycles. The van der Waals surface area contributed by atoms with Gasteiger partial charge in [0.2, 0.25) is 0 Å². The summed E-state index contributed by atoms with van der Waals surface area (Å²) >= 11 is 6.07. The van der Waals surface area contributed by atoms with E-state index in [1.54, 1.807) is 0 Å². The van der Waals surface area contributed by atoms with E-state index >= 15 is 0 Å². The molecule has 0 fully saturated rings. The van der Waals surface area contributed by atoms with E-state index in [4.69, 9.17) is 11.6 Å². The summed E-state index contributed by atoms with van der Waals surface area (Å²) in [5.74, 6) is 0. The molecule has 2 nitrogen and oxygen atoms in total. The van der Waals surface area contributed by atoms with Crippen LogP contribution in [0.3, 0.4) is 0 Å². The van der Waals surface area contributed by atoms with Crippen LogP contribution in [0.25, 0.3) is 12.2 Å². The van der Waals surface area contributed by atoms with Crippen molar-refractivity contribution in [2.75, 3.05) is 0 Å². The molecule has 3 heteroatoms. The standard InChI is InChI=1S/C12H8ClNO/c13-12-9(8-15)7-14-11-6-4-2-1-3-5-10(11)12/h1-8H/b2-1-,3-1?,4-2?,5-3-,6-4-,10-5?,11-6?. The maximum Gasteiger partial charge on any atom is 0.153 e. The zero-order chi connectivity index (χ0) is 10.7. The molecule has 1 heterocycles. The maximum atomic E-state index is 10.7. The minimum Gasteiger partial charge on any atom is -0.298 e. The lowest BCUT2D eigenvalue weighted by Crippen LogP contribution is -1.94. The Morgan fingerprint density at radius 1 is 1.13 bits per heavy atom. The molecular weight excluding hydrogens is 210 g/mol. The Balaban J connectivity index is 2.66. The number of pyridine rings is 1. The smallest absolute Gasteiger partial charge is 0.153 e. The highest BCUT2D eigenvalue weighted by atomic mass is 35.5. The van der Waals surface area contributed by atoms with Crippen molar-refractivity contribution in [1.29, 1.82) is 0 Å². The Bertz CT molecular complexity index is 487. The summed E-state index contributed by atoms with van der Waals surface area (Å²) < 4.78 is 0. The number of aromatic nitrogens is 1. The van der Waals surface area contributed by atoms with Crippen LogP contribution in [0.5, 0.6) is 0 Å². The summed E-state index contributed by atoms with van der Waals surface area (Å²) in [5, 5.41) is 0.450. The third-order valence-corrected chi connectivity index (χ3v) is 2.51. The van der Waals surface area contributed by atoms with Crippen LogP contribution in [-0.4, -0.2) is 11.3 Å². The first-order chi connectivity index (χ1) is 7.33. The van der Waals surface area contributed by atoms with Gasteiger partial charge in [-0.3, -0.25) is 9.78 Å². The minimum atomic E-state index is 0.415. The molecule has 1 aromatic heterocycles. The lowest BCUT2D eigenvalue weighted by molar-refractivity contribution is 0.112. The van der Waals surface area contributed by atoms with Crippen LogP contribution in [0.1, 0.15) is 21.6 Å². The van der Waals surface area contributed by atoms with E-state index in [0.717, 1.165) is 11.3 Å². The molecule has 0 N–H and O–H groups in total. The fraction of sp³-hybridized carbons (Fsp3) is 0. The molecule has 0 spiro atoms. The van der Waals surface area contributed by atoms with Crippen molar-refractivity contribution < 1.29 is 4.79 Å². The number of aldehydes is 1. The monoisotopic (exact) mass is 217 g/mol. The SMILES string of the molecule is O=Cc1cnc2c(c1Cl)\C=C/C=C\C=C/2. The molecule has 1 aliphatic carbocycles. The Morgan fingerprint density at radius 3 is 2.60 bits per heavy atom. The Morgan fingerprint density at radius 2 is 1.87 bits per heavy atom. The van der Waals surface area contributed by atoms with Crippen molar-refractivity contribution in [2.45, 2.75) is 0 Å². The van der Waals surface area contributed by atoms with Crippen molar-refractivity contribution in [3.8, 4) is 0 Å². The van der Waals surface area contributed by atoms with Crippen molar-refractivity contribution in [3.63, 3.8) is 0 Å². The first-order valence-corrected chi connectivity index (χ1v) is 4.86. The summed E-state index contributed by atoms with van der Waals surface area (Å²) in [6.07, 6.45) is 13.4. The second kappa shape index (κ2) is 4.24. The minimum absolute atomic E-state index is 0.415. The van der Waals surface area contributed by atoms with Gasteiger partial charge in [-0.05, 0) is 6.08 Å². The van der Waals surface area contributed by atoms with E-state index in [-0.39, 0.29) is 0 Å². The molecule has 0 radical (unpaired) electrons. The summed E-state index contributed by atoms with van der Waals surface area (Å²) in [4.78, 5) is 14.9. The molecule has 0 saturated heterocycles. The van der Waals surface area contributed by atoms with Gasteiger partial charge in [0.05, 0.1) is 16.3 Å². The normalized spacial score (nSPS) is 19.5. The molecule has 15 heavy (non-hydrogen) atoms. The van der Waals surface area contributed by atoms with Gasteiger partial charge in [0.1, 0.15) is 0 Å². The first kappa shape index (κ1) is 9.87. The number of carbonyl (C=O) groups excluding carboxylic acids is 1. The molecule has 0 saturated carbocycles. The molecule has 2 rings (SSSR count). The van der Waals surface area contributed by atoms with Crippen molar-refractivity contribution in [2.24, 2.45) is 0 Å². The Labute approximate surface area is 92.6 Å². The number of fused-ring (bicyclic) bond motifs is 1. The number of halogens is 1. The van der Waals surface area contributed by atoms with Gasteiger partial charge in [-0.2, -0.15) is 0 Å². The van der Waals surface area contributed by atoms with Gasteiger partial charge in [-0.1, -0.05) is 42.0 Å². The Kier molecular flexibility index (Phi) is 2.79. The summed E-state index contributed by atoms with van der Waals surface area (Å²) in [7, 11) is 0. The highest BCUT2D eigenvalue weighted by molar-refractivity contribution is 6.34. The van der Waals surface area contributed by atoms with Crippen molar-refractivity contribution >= 4 is 30.0 Å². The van der Waals surface area contributed by atoms with Gasteiger partial charge >= 0.3 is 0 Å².